The number of esters is 1. The van der Waals surface area contributed by atoms with Crippen molar-refractivity contribution in [1.82, 2.24) is 33.6 Å². The first-order chi connectivity index (χ1) is 36.8. The normalized spacial score (nSPS) is 28.0. The van der Waals surface area contributed by atoms with Gasteiger partial charge in [0, 0.05) is 18.3 Å². The van der Waals surface area contributed by atoms with Crippen molar-refractivity contribution < 1.29 is 69.3 Å². The van der Waals surface area contributed by atoms with Crippen LogP contribution < -0.4 is 10.5 Å². The van der Waals surface area contributed by atoms with Crippen LogP contribution in [0, 0.1) is 11.3 Å². The maximum Gasteiger partial charge on any atom is 0.475 e. The number of alkyl halides is 1. The van der Waals surface area contributed by atoms with Gasteiger partial charge >= 0.3 is 21.6 Å². The molecule has 6 aromatic rings. The minimum Gasteiger partial charge on any atom is -0.460 e. The Balaban J connectivity index is 0.981. The number of carbonyl (C=O) groups excluding carboxylic acids is 2. The Hall–Kier alpha value is -5.91. The molecule has 0 saturated carbocycles. The van der Waals surface area contributed by atoms with Gasteiger partial charge in [-0.1, -0.05) is 57.2 Å². The van der Waals surface area contributed by atoms with Crippen LogP contribution in [0.5, 0.6) is 0 Å². The number of phosphoric acid groups is 2. The molecule has 1 amide bonds. The molecule has 2 unspecified atom stereocenters. The smallest absolute Gasteiger partial charge is 0.460 e. The van der Waals surface area contributed by atoms with Crippen LogP contribution in [-0.4, -0.2) is 128 Å². The summed E-state index contributed by atoms with van der Waals surface area (Å²) < 4.78 is 106. The number of nitriles is 1. The third-order valence-electron chi connectivity index (χ3n) is 14.2. The summed E-state index contributed by atoms with van der Waals surface area (Å²) in [4.78, 5) is 71.2. The van der Waals surface area contributed by atoms with E-state index in [1.165, 1.54) is 32.7 Å². The molecule has 28 heteroatoms. The molecule has 24 nitrogen and oxygen atoms in total. The third-order valence-corrected chi connectivity index (χ3v) is 21.2. The maximum atomic E-state index is 17.3. The number of ether oxygens (including phenoxy) is 3. The number of anilines is 1. The SMILES string of the molecule is CC(C)(C)[Si](C)(C)O[C@H]1[C@H]2OP(=O)(OCCC#N)OC[C@H]3O[C@@H](n4cc5c6c(ncnc64)N(C(=O)c4ccccc4)CCC5)[C@H](F)[C@@H]3OP(=O)(O)OC[C@H]1O[C@H]2n1cnc2c(=O)n(CCOC(=O)c3ccccc3)cnc21. The van der Waals surface area contributed by atoms with E-state index in [9.17, 15) is 29.1 Å². The number of halogens is 1. The van der Waals surface area contributed by atoms with E-state index in [1.54, 1.807) is 71.8 Å². The molecule has 4 aliphatic rings. The van der Waals surface area contributed by atoms with Crippen LogP contribution >= 0.6 is 15.6 Å². The van der Waals surface area contributed by atoms with Gasteiger partial charge in [-0.25, -0.2) is 38.3 Å². The minimum atomic E-state index is -5.30. The molecular weight excluding hydrogens is 1060 g/mol. The second kappa shape index (κ2) is 21.7. The molecule has 4 aromatic heterocycles. The maximum absolute atomic E-state index is 17.3. The lowest BCUT2D eigenvalue weighted by molar-refractivity contribution is -0.0691. The molecule has 2 aromatic carbocycles. The summed E-state index contributed by atoms with van der Waals surface area (Å²) in [5.74, 6) is -0.582. The van der Waals surface area contributed by atoms with Gasteiger partial charge in [-0.05, 0) is 60.8 Å². The van der Waals surface area contributed by atoms with Crippen molar-refractivity contribution >= 4 is 63.9 Å². The number of aryl methyl sites for hydroxylation is 1. The van der Waals surface area contributed by atoms with E-state index in [0.717, 1.165) is 0 Å². The number of imidazole rings is 1. The average Bonchev–Trinajstić information content (AvgIpc) is 4.15. The standard InChI is InChI=1S/C49H56FN9O15P2Si/c1-49(2,3)77(4,5)74-39-34-25-68-75(63,64)72-38-33(70-46(36(38)50)58-24-32-18-12-20-57(41-35(32)42(58)53-27-52-41)44(60)30-14-8-6-9-15-30)26-69-76(65,67-22-13-19-51)73-40(39)47(71-34)59-29-54-37-43(59)55-28-56(45(37)61)21-23-66-48(62)31-16-10-7-11-17-31/h6-11,14-17,24,27-29,33-34,36,38-40,46-47H,12-13,18,20-23,25-26H2,1-5H3,(H,63,64)/t33-,34-,36-,38-,39-,40-,46-,47-,76?/m1/s1. The highest BCUT2D eigenvalue weighted by Crippen LogP contribution is 2.58. The molecule has 1 N–H and O–H groups in total. The number of aromatic nitrogens is 7. The number of amides is 1. The van der Waals surface area contributed by atoms with Crippen LogP contribution in [0.1, 0.15) is 72.3 Å². The first kappa shape index (κ1) is 54.4. The van der Waals surface area contributed by atoms with Crippen molar-refractivity contribution in [3.8, 4) is 6.07 Å². The molecule has 3 fully saturated rings. The zero-order valence-corrected chi connectivity index (χ0v) is 45.3. The monoisotopic (exact) mass is 1120 g/mol. The summed E-state index contributed by atoms with van der Waals surface area (Å²) in [5.41, 5.74) is 0.859. The van der Waals surface area contributed by atoms with Crippen molar-refractivity contribution in [3.63, 3.8) is 0 Å². The van der Waals surface area contributed by atoms with Gasteiger partial charge in [0.1, 0.15) is 61.2 Å². The zero-order chi connectivity index (χ0) is 54.4. The van der Waals surface area contributed by atoms with Crippen molar-refractivity contribution in [2.75, 3.05) is 37.9 Å². The molecule has 3 saturated heterocycles. The first-order valence-corrected chi connectivity index (χ1v) is 30.7. The topological polar surface area (TPSA) is 282 Å². The Morgan fingerprint density at radius 3 is 2.32 bits per heavy atom. The highest BCUT2D eigenvalue weighted by molar-refractivity contribution is 7.48. The van der Waals surface area contributed by atoms with Gasteiger partial charge in [0.15, 0.2) is 38.1 Å². The Bertz CT molecular complexity index is 3370. The van der Waals surface area contributed by atoms with E-state index in [1.807, 2.05) is 39.9 Å². The lowest BCUT2D eigenvalue weighted by Gasteiger charge is -2.40. The highest BCUT2D eigenvalue weighted by Gasteiger charge is 2.57. The Kier molecular flexibility index (Phi) is 15.4. The number of carbonyl (C=O) groups is 2. The first-order valence-electron chi connectivity index (χ1n) is 24.8. The van der Waals surface area contributed by atoms with Gasteiger partial charge in [0.05, 0.1) is 56.1 Å². The van der Waals surface area contributed by atoms with E-state index in [0.29, 0.717) is 47.3 Å². The fourth-order valence-electron chi connectivity index (χ4n) is 9.37. The second-order valence-electron chi connectivity index (χ2n) is 20.3. The van der Waals surface area contributed by atoms with Crippen molar-refractivity contribution in [2.45, 2.75) is 114 Å². The van der Waals surface area contributed by atoms with Gasteiger partial charge in [-0.3, -0.25) is 46.2 Å². The lowest BCUT2D eigenvalue weighted by atomic mass is 10.1. The molecule has 0 aliphatic carbocycles. The van der Waals surface area contributed by atoms with E-state index >= 15 is 8.96 Å². The second-order valence-corrected chi connectivity index (χ2v) is 28.0. The predicted molar refractivity (Wildman–Crippen MR) is 273 cm³/mol. The van der Waals surface area contributed by atoms with Crippen molar-refractivity contribution in [1.29, 1.82) is 5.26 Å². The number of hydrogen-bond donors (Lipinski definition) is 1. The summed E-state index contributed by atoms with van der Waals surface area (Å²) in [6.45, 7) is 7.75. The summed E-state index contributed by atoms with van der Waals surface area (Å²) in [6.07, 6.45) is -6.99. The minimum absolute atomic E-state index is 0.0287. The molecule has 10 rings (SSSR count). The molecule has 4 aliphatic heterocycles. The van der Waals surface area contributed by atoms with E-state index in [2.05, 4.69) is 19.9 Å². The number of benzene rings is 2. The van der Waals surface area contributed by atoms with Gasteiger partial charge < -0.3 is 28.1 Å². The Morgan fingerprint density at radius 1 is 0.883 bits per heavy atom. The van der Waals surface area contributed by atoms with Crippen molar-refractivity contribution in [3.05, 3.63) is 113 Å². The van der Waals surface area contributed by atoms with E-state index in [4.69, 9.17) is 41.3 Å². The van der Waals surface area contributed by atoms with Crippen LogP contribution in [0.25, 0.3) is 22.2 Å². The quantitative estimate of drug-likeness (QED) is 0.0560. The summed E-state index contributed by atoms with van der Waals surface area (Å²) in [6, 6.07) is 18.9. The molecule has 8 heterocycles. The molecular formula is C49H56FN9O15P2Si. The molecule has 77 heavy (non-hydrogen) atoms. The van der Waals surface area contributed by atoms with Crippen LogP contribution in [0.3, 0.4) is 0 Å². The zero-order valence-electron chi connectivity index (χ0n) is 42.5. The number of hydrogen-bond acceptors (Lipinski definition) is 19. The molecule has 0 spiro atoms. The van der Waals surface area contributed by atoms with Gasteiger partial charge in [-0.15, -0.1) is 0 Å². The van der Waals surface area contributed by atoms with Gasteiger partial charge in [-0.2, -0.15) is 5.26 Å². The lowest BCUT2D eigenvalue weighted by Crippen LogP contribution is -2.50. The average molecular weight is 1120 g/mol. The summed E-state index contributed by atoms with van der Waals surface area (Å²) >= 11 is 0. The highest BCUT2D eigenvalue weighted by atomic mass is 31.2. The molecule has 10 atom stereocenters. The Morgan fingerprint density at radius 2 is 1.60 bits per heavy atom. The van der Waals surface area contributed by atoms with Crippen LogP contribution in [-0.2, 0) is 63.4 Å². The fourth-order valence-corrected chi connectivity index (χ4v) is 13.0. The van der Waals surface area contributed by atoms with Crippen molar-refractivity contribution in [2.24, 2.45) is 0 Å². The van der Waals surface area contributed by atoms with Crippen LogP contribution in [0.15, 0.2) is 90.6 Å². The Labute approximate surface area is 441 Å². The van der Waals surface area contributed by atoms with E-state index in [-0.39, 0.29) is 42.3 Å². The van der Waals surface area contributed by atoms with Gasteiger partial charge in [0.25, 0.3) is 11.5 Å². The largest absolute Gasteiger partial charge is 0.475 e. The fraction of sp³-hybridized carbons (Fsp3) is 0.469. The molecule has 408 valence electrons. The number of fused-ring (bicyclic) bond motifs is 4. The van der Waals surface area contributed by atoms with Gasteiger partial charge in [0.2, 0.25) is 0 Å². The molecule has 0 radical (unpaired) electrons. The number of nitrogens with zero attached hydrogens (tertiary/aromatic N) is 9. The number of phosphoric ester groups is 2. The number of rotatable bonds is 12. The van der Waals surface area contributed by atoms with E-state index < -0.39 is 109 Å². The van der Waals surface area contributed by atoms with Crippen LogP contribution in [0.4, 0.5) is 10.2 Å². The molecule has 2 bridgehead atoms. The van der Waals surface area contributed by atoms with Crippen LogP contribution in [0.2, 0.25) is 18.1 Å². The summed E-state index contributed by atoms with van der Waals surface area (Å²) in [5, 5.41) is 9.53. The predicted octanol–water partition coefficient (Wildman–Crippen LogP) is 6.97. The third kappa shape index (κ3) is 11.0. The summed E-state index contributed by atoms with van der Waals surface area (Å²) in [7, 11) is -13.2.